The number of aryl methyl sites for hydroxylation is 2. The fraction of sp³-hybridized carbons (Fsp3) is 0.333. The Morgan fingerprint density at radius 1 is 1.07 bits per heavy atom. The molecule has 1 atom stereocenters. The summed E-state index contributed by atoms with van der Waals surface area (Å²) in [5.74, 6) is -1.04. The molecule has 0 unspecified atom stereocenters. The molecule has 0 amide bonds. The molecule has 2 aromatic carbocycles. The number of rotatable bonds is 7. The SMILES string of the molecule is Cc1ccc(C(=O)[C@@H](C)OC(=O)c2cc(S(=O)(=O)NC3CC3)ccc2C)cc1. The van der Waals surface area contributed by atoms with Crippen LogP contribution in [0.25, 0.3) is 0 Å². The summed E-state index contributed by atoms with van der Waals surface area (Å²) in [6, 6.07) is 11.3. The van der Waals surface area contributed by atoms with Crippen LogP contribution in [0.5, 0.6) is 0 Å². The van der Waals surface area contributed by atoms with Crippen LogP contribution in [0.15, 0.2) is 47.4 Å². The highest BCUT2D eigenvalue weighted by Crippen LogP contribution is 2.24. The second-order valence-corrected chi connectivity index (χ2v) is 8.86. The number of carbonyl (C=O) groups is 2. The molecule has 0 saturated heterocycles. The van der Waals surface area contributed by atoms with Crippen LogP contribution in [0.1, 0.15) is 51.6 Å². The average Bonchev–Trinajstić information content (AvgIpc) is 3.45. The van der Waals surface area contributed by atoms with E-state index in [2.05, 4.69) is 4.72 Å². The Morgan fingerprint density at radius 3 is 2.32 bits per heavy atom. The molecule has 0 aliphatic heterocycles. The number of nitrogens with one attached hydrogen (secondary N) is 1. The first-order valence-electron chi connectivity index (χ1n) is 9.12. The number of ketones is 1. The van der Waals surface area contributed by atoms with Crippen LogP contribution in [-0.2, 0) is 14.8 Å². The van der Waals surface area contributed by atoms with Gasteiger partial charge in [0, 0.05) is 11.6 Å². The van der Waals surface area contributed by atoms with E-state index in [9.17, 15) is 18.0 Å². The van der Waals surface area contributed by atoms with Crippen molar-refractivity contribution in [3.05, 3.63) is 64.7 Å². The third-order valence-corrected chi connectivity index (χ3v) is 6.15. The Labute approximate surface area is 165 Å². The lowest BCUT2D eigenvalue weighted by Gasteiger charge is -2.14. The fourth-order valence-corrected chi connectivity index (χ4v) is 4.04. The number of Topliss-reactive ketones (excluding diaryl/α,β-unsaturated/α-hetero) is 1. The molecule has 1 aliphatic carbocycles. The van der Waals surface area contributed by atoms with E-state index in [0.717, 1.165) is 18.4 Å². The Hall–Kier alpha value is -2.51. The first-order chi connectivity index (χ1) is 13.2. The summed E-state index contributed by atoms with van der Waals surface area (Å²) >= 11 is 0. The van der Waals surface area contributed by atoms with Crippen molar-refractivity contribution in [3.8, 4) is 0 Å². The number of carbonyl (C=O) groups excluding carboxylic acids is 2. The molecule has 6 nitrogen and oxygen atoms in total. The van der Waals surface area contributed by atoms with E-state index in [4.69, 9.17) is 4.74 Å². The third-order valence-electron chi connectivity index (χ3n) is 4.63. The van der Waals surface area contributed by atoms with E-state index in [1.165, 1.54) is 19.1 Å². The molecular weight excluding hydrogens is 378 g/mol. The maximum atomic E-state index is 12.6. The Bertz CT molecular complexity index is 1010. The van der Waals surface area contributed by atoms with Crippen LogP contribution in [0.3, 0.4) is 0 Å². The Kier molecular flexibility index (Phi) is 5.67. The zero-order chi connectivity index (χ0) is 20.5. The standard InChI is InChI=1S/C21H23NO5S/c1-13-4-7-16(8-5-13)20(23)15(3)27-21(24)19-12-18(11-6-14(19)2)28(25,26)22-17-9-10-17/h4-8,11-12,15,17,22H,9-10H2,1-3H3/t15-/m1/s1. The normalized spacial score (nSPS) is 15.1. The molecule has 148 valence electrons. The topological polar surface area (TPSA) is 89.5 Å². The van der Waals surface area contributed by atoms with Crippen molar-refractivity contribution in [2.45, 2.75) is 50.7 Å². The van der Waals surface area contributed by atoms with Crippen LogP contribution in [0, 0.1) is 13.8 Å². The molecule has 28 heavy (non-hydrogen) atoms. The van der Waals surface area contributed by atoms with Crippen LogP contribution >= 0.6 is 0 Å². The Balaban J connectivity index is 1.77. The lowest BCUT2D eigenvalue weighted by molar-refractivity contribution is 0.0318. The second-order valence-electron chi connectivity index (χ2n) is 7.15. The number of hydrogen-bond acceptors (Lipinski definition) is 5. The first-order valence-corrected chi connectivity index (χ1v) is 10.6. The number of sulfonamides is 1. The van der Waals surface area contributed by atoms with E-state index >= 15 is 0 Å². The highest BCUT2D eigenvalue weighted by Gasteiger charge is 2.29. The number of hydrogen-bond donors (Lipinski definition) is 1. The van der Waals surface area contributed by atoms with Crippen molar-refractivity contribution in [1.82, 2.24) is 4.72 Å². The molecule has 1 aliphatic rings. The van der Waals surface area contributed by atoms with Crippen LogP contribution < -0.4 is 4.72 Å². The van der Waals surface area contributed by atoms with Crippen molar-refractivity contribution >= 4 is 21.8 Å². The number of ether oxygens (including phenoxy) is 1. The summed E-state index contributed by atoms with van der Waals surface area (Å²) in [5, 5.41) is 0. The van der Waals surface area contributed by atoms with E-state index in [0.29, 0.717) is 11.1 Å². The molecule has 2 aromatic rings. The van der Waals surface area contributed by atoms with Crippen molar-refractivity contribution in [3.63, 3.8) is 0 Å². The average molecular weight is 401 g/mol. The van der Waals surface area contributed by atoms with Gasteiger partial charge in [-0.15, -0.1) is 0 Å². The zero-order valence-electron chi connectivity index (χ0n) is 16.1. The minimum absolute atomic E-state index is 0.00876. The van der Waals surface area contributed by atoms with Gasteiger partial charge in [-0.3, -0.25) is 4.79 Å². The minimum Gasteiger partial charge on any atom is -0.451 e. The van der Waals surface area contributed by atoms with E-state index in [1.54, 1.807) is 25.1 Å². The van der Waals surface area contributed by atoms with Gasteiger partial charge in [-0.1, -0.05) is 35.9 Å². The van der Waals surface area contributed by atoms with Crippen molar-refractivity contribution in [1.29, 1.82) is 0 Å². The van der Waals surface area contributed by atoms with Gasteiger partial charge in [0.1, 0.15) is 0 Å². The van der Waals surface area contributed by atoms with Gasteiger partial charge < -0.3 is 4.74 Å². The second kappa shape index (κ2) is 7.85. The van der Waals surface area contributed by atoms with E-state index in [1.807, 2.05) is 19.1 Å². The van der Waals surface area contributed by atoms with Crippen LogP contribution in [-0.4, -0.2) is 32.3 Å². The van der Waals surface area contributed by atoms with Crippen molar-refractivity contribution < 1.29 is 22.7 Å². The first kappa shape index (κ1) is 20.2. The highest BCUT2D eigenvalue weighted by atomic mass is 32.2. The predicted octanol–water partition coefficient (Wildman–Crippen LogP) is 3.17. The minimum atomic E-state index is -3.69. The van der Waals surface area contributed by atoms with Gasteiger partial charge in [-0.25, -0.2) is 17.9 Å². The monoisotopic (exact) mass is 401 g/mol. The molecule has 1 fully saturated rings. The molecule has 1 N–H and O–H groups in total. The fourth-order valence-electron chi connectivity index (χ4n) is 2.71. The molecule has 1 saturated carbocycles. The Morgan fingerprint density at radius 2 is 1.71 bits per heavy atom. The van der Waals surface area contributed by atoms with Gasteiger partial charge in [-0.2, -0.15) is 0 Å². The zero-order valence-corrected chi connectivity index (χ0v) is 16.9. The lowest BCUT2D eigenvalue weighted by Crippen LogP contribution is -2.27. The predicted molar refractivity (Wildman–Crippen MR) is 105 cm³/mol. The summed E-state index contributed by atoms with van der Waals surface area (Å²) in [6.45, 7) is 5.11. The van der Waals surface area contributed by atoms with Gasteiger partial charge in [0.05, 0.1) is 10.5 Å². The molecule has 0 heterocycles. The van der Waals surface area contributed by atoms with Crippen LogP contribution in [0.4, 0.5) is 0 Å². The summed E-state index contributed by atoms with van der Waals surface area (Å²) < 4.78 is 32.7. The summed E-state index contributed by atoms with van der Waals surface area (Å²) in [5.41, 5.74) is 2.18. The van der Waals surface area contributed by atoms with Gasteiger partial charge in [0.2, 0.25) is 15.8 Å². The summed E-state index contributed by atoms with van der Waals surface area (Å²) in [7, 11) is -3.69. The molecular formula is C21H23NO5S. The molecule has 0 aromatic heterocycles. The van der Waals surface area contributed by atoms with Crippen molar-refractivity contribution in [2.75, 3.05) is 0 Å². The van der Waals surface area contributed by atoms with Crippen molar-refractivity contribution in [2.24, 2.45) is 0 Å². The van der Waals surface area contributed by atoms with Gasteiger partial charge in [-0.05, 0) is 51.3 Å². The number of benzene rings is 2. The smallest absolute Gasteiger partial charge is 0.339 e. The maximum absolute atomic E-state index is 12.6. The van der Waals surface area contributed by atoms with Gasteiger partial charge >= 0.3 is 5.97 Å². The highest BCUT2D eigenvalue weighted by molar-refractivity contribution is 7.89. The molecule has 7 heteroatoms. The molecule has 0 radical (unpaired) electrons. The molecule has 3 rings (SSSR count). The summed E-state index contributed by atoms with van der Waals surface area (Å²) in [4.78, 5) is 25.1. The van der Waals surface area contributed by atoms with Gasteiger partial charge in [0.25, 0.3) is 0 Å². The third kappa shape index (κ3) is 4.66. The largest absolute Gasteiger partial charge is 0.451 e. The van der Waals surface area contributed by atoms with Crippen LogP contribution in [0.2, 0.25) is 0 Å². The number of esters is 1. The van der Waals surface area contributed by atoms with Gasteiger partial charge in [0.15, 0.2) is 6.10 Å². The molecule has 0 spiro atoms. The van der Waals surface area contributed by atoms with E-state index < -0.39 is 22.1 Å². The lowest BCUT2D eigenvalue weighted by atomic mass is 10.1. The molecule has 0 bridgehead atoms. The summed E-state index contributed by atoms with van der Waals surface area (Å²) in [6.07, 6.45) is 0.650. The van der Waals surface area contributed by atoms with E-state index in [-0.39, 0.29) is 22.3 Å². The maximum Gasteiger partial charge on any atom is 0.339 e. The quantitative estimate of drug-likeness (QED) is 0.569.